The van der Waals surface area contributed by atoms with E-state index >= 15 is 0 Å². The quantitative estimate of drug-likeness (QED) is 0.529. The Bertz CT molecular complexity index is 1330. The Hall–Kier alpha value is -4.48. The van der Waals surface area contributed by atoms with Crippen molar-refractivity contribution in [2.24, 2.45) is 0 Å². The van der Waals surface area contributed by atoms with Crippen LogP contribution in [0.25, 0.3) is 11.0 Å². The van der Waals surface area contributed by atoms with Crippen LogP contribution in [0.15, 0.2) is 37.2 Å². The summed E-state index contributed by atoms with van der Waals surface area (Å²) in [5.41, 5.74) is 7.80. The number of benzene rings is 1. The molecular weight excluding hydrogens is 452 g/mol. The SMILES string of the molecule is C=CC(=O)N1CC[C@@H](n2nc(C(=O)Nc3ccc(OC(=O)N(C)C)cc3C)c3c(N)ncnc32)C1. The highest BCUT2D eigenvalue weighted by molar-refractivity contribution is 6.13. The standard InChI is InChI=1S/C23H26N8O4/c1-5-17(32)30-9-8-14(11-30)31-21-18(20(24)25-12-26-21)19(28-31)22(33)27-16-7-6-15(10-13(16)2)35-23(34)29(3)4/h5-7,10,12,14H,1,8-9,11H2,2-4H3,(H,27,33)(H2,24,25,26)/t14-/m1/s1. The number of nitrogens with one attached hydrogen (secondary N) is 1. The maximum Gasteiger partial charge on any atom is 0.414 e. The van der Waals surface area contributed by atoms with E-state index in [2.05, 4.69) is 27.0 Å². The number of ether oxygens (including phenoxy) is 1. The van der Waals surface area contributed by atoms with Gasteiger partial charge in [0.05, 0.1) is 11.4 Å². The molecule has 3 amide bonds. The number of carbonyl (C=O) groups excluding carboxylic acids is 3. The lowest BCUT2D eigenvalue weighted by atomic mass is 10.2. The van der Waals surface area contributed by atoms with Crippen molar-refractivity contribution in [1.29, 1.82) is 0 Å². The zero-order valence-corrected chi connectivity index (χ0v) is 19.7. The fraction of sp³-hybridized carbons (Fsp3) is 0.304. The normalized spacial score (nSPS) is 15.2. The van der Waals surface area contributed by atoms with Crippen LogP contribution in [0.1, 0.15) is 28.5 Å². The van der Waals surface area contributed by atoms with Gasteiger partial charge in [0.25, 0.3) is 5.91 Å². The number of anilines is 2. The minimum atomic E-state index is -0.506. The van der Waals surface area contributed by atoms with Gasteiger partial charge in [-0.1, -0.05) is 6.58 Å². The Labute approximate surface area is 201 Å². The zero-order valence-electron chi connectivity index (χ0n) is 19.7. The summed E-state index contributed by atoms with van der Waals surface area (Å²) in [7, 11) is 3.17. The molecule has 0 spiro atoms. The summed E-state index contributed by atoms with van der Waals surface area (Å²) in [6.45, 7) is 6.27. The van der Waals surface area contributed by atoms with E-state index in [-0.39, 0.29) is 23.5 Å². The van der Waals surface area contributed by atoms with Crippen LogP contribution in [0.5, 0.6) is 5.75 Å². The Morgan fingerprint density at radius 2 is 2.06 bits per heavy atom. The highest BCUT2D eigenvalue weighted by Crippen LogP contribution is 2.30. The van der Waals surface area contributed by atoms with Gasteiger partial charge >= 0.3 is 6.09 Å². The number of fused-ring (bicyclic) bond motifs is 1. The maximum absolute atomic E-state index is 13.3. The number of nitrogens with zero attached hydrogens (tertiary/aromatic N) is 6. The lowest BCUT2D eigenvalue weighted by Gasteiger charge is -2.14. The summed E-state index contributed by atoms with van der Waals surface area (Å²) in [5.74, 6) is -0.169. The minimum absolute atomic E-state index is 0.0779. The molecule has 3 aromatic rings. The van der Waals surface area contributed by atoms with E-state index in [1.165, 1.54) is 17.3 Å². The molecule has 35 heavy (non-hydrogen) atoms. The minimum Gasteiger partial charge on any atom is -0.410 e. The van der Waals surface area contributed by atoms with Crippen molar-refractivity contribution in [3.8, 4) is 5.75 Å². The summed E-state index contributed by atoms with van der Waals surface area (Å²) in [6, 6.07) is 4.70. The van der Waals surface area contributed by atoms with Gasteiger partial charge in [0, 0.05) is 32.9 Å². The van der Waals surface area contributed by atoms with Crippen LogP contribution in [0.2, 0.25) is 0 Å². The molecule has 2 aromatic heterocycles. The number of hydrogen-bond acceptors (Lipinski definition) is 8. The van der Waals surface area contributed by atoms with Gasteiger partial charge in [-0.05, 0) is 43.2 Å². The highest BCUT2D eigenvalue weighted by atomic mass is 16.6. The van der Waals surface area contributed by atoms with E-state index in [9.17, 15) is 14.4 Å². The highest BCUT2D eigenvalue weighted by Gasteiger charge is 2.31. The lowest BCUT2D eigenvalue weighted by molar-refractivity contribution is -0.125. The molecule has 0 aliphatic carbocycles. The van der Waals surface area contributed by atoms with E-state index in [0.29, 0.717) is 47.5 Å². The molecule has 4 rings (SSSR count). The summed E-state index contributed by atoms with van der Waals surface area (Å²) in [4.78, 5) is 48.4. The second-order valence-corrected chi connectivity index (χ2v) is 8.37. The molecule has 182 valence electrons. The smallest absolute Gasteiger partial charge is 0.410 e. The van der Waals surface area contributed by atoms with E-state index in [0.717, 1.165) is 0 Å². The third kappa shape index (κ3) is 4.63. The summed E-state index contributed by atoms with van der Waals surface area (Å²) in [6.07, 6.45) is 2.73. The van der Waals surface area contributed by atoms with Crippen LogP contribution in [0.3, 0.4) is 0 Å². The number of amides is 3. The summed E-state index contributed by atoms with van der Waals surface area (Å²) < 4.78 is 6.89. The zero-order chi connectivity index (χ0) is 25.3. The van der Waals surface area contributed by atoms with Crippen molar-refractivity contribution in [2.75, 3.05) is 38.2 Å². The van der Waals surface area contributed by atoms with Crippen LogP contribution in [0.4, 0.5) is 16.3 Å². The number of nitrogen functional groups attached to an aromatic ring is 1. The Balaban J connectivity index is 1.62. The number of likely N-dealkylation sites (tertiary alicyclic amines) is 1. The van der Waals surface area contributed by atoms with Gasteiger partial charge in [0.2, 0.25) is 5.91 Å². The molecule has 3 N–H and O–H groups in total. The van der Waals surface area contributed by atoms with Gasteiger partial charge in [0.15, 0.2) is 11.3 Å². The Kier molecular flexibility index (Phi) is 6.36. The molecule has 1 aliphatic heterocycles. The Morgan fingerprint density at radius 3 is 2.74 bits per heavy atom. The average Bonchev–Trinajstić information content (AvgIpc) is 3.46. The number of rotatable bonds is 5. The van der Waals surface area contributed by atoms with Gasteiger partial charge in [-0.25, -0.2) is 19.4 Å². The van der Waals surface area contributed by atoms with E-state index in [1.807, 2.05) is 0 Å². The van der Waals surface area contributed by atoms with Crippen LogP contribution < -0.4 is 15.8 Å². The first-order valence-corrected chi connectivity index (χ1v) is 10.9. The Morgan fingerprint density at radius 1 is 1.29 bits per heavy atom. The van der Waals surface area contributed by atoms with Crippen LogP contribution in [-0.2, 0) is 4.79 Å². The molecule has 1 fully saturated rings. The average molecular weight is 479 g/mol. The second kappa shape index (κ2) is 9.41. The number of aromatic nitrogens is 4. The predicted octanol–water partition coefficient (Wildman–Crippen LogP) is 1.99. The van der Waals surface area contributed by atoms with Gasteiger partial charge in [-0.2, -0.15) is 5.10 Å². The fourth-order valence-corrected chi connectivity index (χ4v) is 3.89. The fourth-order valence-electron chi connectivity index (χ4n) is 3.89. The lowest BCUT2D eigenvalue weighted by Crippen LogP contribution is -2.27. The third-order valence-electron chi connectivity index (χ3n) is 5.75. The second-order valence-electron chi connectivity index (χ2n) is 8.37. The molecule has 1 aromatic carbocycles. The molecule has 1 aliphatic rings. The molecule has 12 heteroatoms. The third-order valence-corrected chi connectivity index (χ3v) is 5.75. The monoisotopic (exact) mass is 478 g/mol. The summed E-state index contributed by atoms with van der Waals surface area (Å²) in [5, 5.41) is 7.71. The number of hydrogen-bond donors (Lipinski definition) is 2. The van der Waals surface area contributed by atoms with Crippen molar-refractivity contribution in [1.82, 2.24) is 29.5 Å². The number of aryl methyl sites for hydroxylation is 1. The van der Waals surface area contributed by atoms with Crippen molar-refractivity contribution in [3.05, 3.63) is 48.4 Å². The van der Waals surface area contributed by atoms with Gasteiger partial charge in [-0.3, -0.25) is 9.59 Å². The van der Waals surface area contributed by atoms with E-state index in [1.54, 1.807) is 48.8 Å². The molecule has 0 radical (unpaired) electrons. The maximum atomic E-state index is 13.3. The predicted molar refractivity (Wildman–Crippen MR) is 129 cm³/mol. The first kappa shape index (κ1) is 23.7. The molecule has 12 nitrogen and oxygen atoms in total. The van der Waals surface area contributed by atoms with Crippen LogP contribution in [0, 0.1) is 6.92 Å². The first-order valence-electron chi connectivity index (χ1n) is 10.9. The topological polar surface area (TPSA) is 149 Å². The summed E-state index contributed by atoms with van der Waals surface area (Å²) >= 11 is 0. The van der Waals surface area contributed by atoms with E-state index in [4.69, 9.17) is 10.5 Å². The van der Waals surface area contributed by atoms with Crippen LogP contribution >= 0.6 is 0 Å². The molecule has 1 atom stereocenters. The molecule has 1 saturated heterocycles. The molecule has 0 unspecified atom stereocenters. The van der Waals surface area contributed by atoms with E-state index < -0.39 is 12.0 Å². The van der Waals surface area contributed by atoms with Gasteiger partial charge in [-0.15, -0.1) is 0 Å². The number of nitrogens with two attached hydrogens (primary N) is 1. The van der Waals surface area contributed by atoms with Crippen molar-refractivity contribution in [3.63, 3.8) is 0 Å². The van der Waals surface area contributed by atoms with Crippen molar-refractivity contribution < 1.29 is 19.1 Å². The molecule has 0 bridgehead atoms. The van der Waals surface area contributed by atoms with Crippen molar-refractivity contribution in [2.45, 2.75) is 19.4 Å². The van der Waals surface area contributed by atoms with Crippen LogP contribution in [-0.4, -0.2) is 74.6 Å². The molecular formula is C23H26N8O4. The first-order chi connectivity index (χ1) is 16.7. The molecule has 3 heterocycles. The largest absolute Gasteiger partial charge is 0.414 e. The van der Waals surface area contributed by atoms with Gasteiger partial charge < -0.3 is 25.6 Å². The number of carbonyl (C=O) groups is 3. The van der Waals surface area contributed by atoms with Gasteiger partial charge in [0.1, 0.15) is 17.9 Å². The molecule has 0 saturated carbocycles. The van der Waals surface area contributed by atoms with Crippen molar-refractivity contribution >= 4 is 40.4 Å².